The number of hydrogen-bond acceptors (Lipinski definition) is 0. The monoisotopic (exact) mass is 490 g/mol. The van der Waals surface area contributed by atoms with Crippen molar-refractivity contribution in [1.82, 2.24) is 0 Å². The van der Waals surface area contributed by atoms with Gasteiger partial charge in [-0.2, -0.15) is 6.08 Å². The molecule has 0 amide bonds. The maximum atomic E-state index is 3.48. The molecule has 140 valence electrons. The molecule has 6 rings (SSSR count). The van der Waals surface area contributed by atoms with Gasteiger partial charge < -0.3 is 24.8 Å². The van der Waals surface area contributed by atoms with E-state index in [-0.39, 0.29) is 51.0 Å². The van der Waals surface area contributed by atoms with E-state index in [1.807, 2.05) is 18.2 Å². The number of halogens is 2. The van der Waals surface area contributed by atoms with Gasteiger partial charge in [-0.15, -0.1) is 47.0 Å². The molecule has 0 saturated heterocycles. The predicted octanol–water partition coefficient (Wildman–Crippen LogP) is 0.676. The van der Waals surface area contributed by atoms with Crippen molar-refractivity contribution in [2.45, 2.75) is 12.8 Å². The second-order valence-corrected chi connectivity index (χ2v) is 6.69. The van der Waals surface area contributed by atoms with Crippen molar-refractivity contribution in [3.8, 4) is 11.1 Å². The molecule has 0 atom stereocenters. The van der Waals surface area contributed by atoms with E-state index in [1.54, 1.807) is 0 Å². The average Bonchev–Trinajstić information content (AvgIpc) is 3.40. The van der Waals surface area contributed by atoms with E-state index >= 15 is 0 Å². The second kappa shape index (κ2) is 10.4. The first-order chi connectivity index (χ1) is 12.9. The standard InChI is InChI=1S/C21H13.C5H5.2ClH.Zr/c1-2-8-15-14(7-1)13-20-18-11-4-3-9-16(18)17-10-5-6-12-19(17)21(15)20;1-2-4-5-3-1;;;/h1-10,12H,13H2;1-3H,4H2;2*1H;/q2*-1;;;+4/p-2. The number of hydrogen-bond donors (Lipinski definition) is 0. The van der Waals surface area contributed by atoms with Gasteiger partial charge in [-0.3, -0.25) is 6.08 Å². The molecule has 0 fully saturated rings. The van der Waals surface area contributed by atoms with Crippen LogP contribution in [-0.2, 0) is 32.6 Å². The maximum Gasteiger partial charge on any atom is 4.00 e. The van der Waals surface area contributed by atoms with Crippen LogP contribution in [-0.4, -0.2) is 0 Å². The van der Waals surface area contributed by atoms with Crippen molar-refractivity contribution in [2.24, 2.45) is 0 Å². The number of rotatable bonds is 0. The van der Waals surface area contributed by atoms with Crippen molar-refractivity contribution in [1.29, 1.82) is 0 Å². The van der Waals surface area contributed by atoms with Gasteiger partial charge in [-0.05, 0) is 28.5 Å². The molecule has 4 aromatic rings. The van der Waals surface area contributed by atoms with Crippen LogP contribution in [0.2, 0.25) is 0 Å². The van der Waals surface area contributed by atoms with Crippen LogP contribution in [0, 0.1) is 12.1 Å². The molecule has 0 N–H and O–H groups in total. The van der Waals surface area contributed by atoms with Crippen LogP contribution in [0.15, 0.2) is 85.0 Å². The van der Waals surface area contributed by atoms with E-state index in [9.17, 15) is 0 Å². The van der Waals surface area contributed by atoms with E-state index in [4.69, 9.17) is 0 Å². The smallest absolute Gasteiger partial charge is 1.00 e. The molecule has 2 aliphatic rings. The number of fused-ring (bicyclic) bond motifs is 8. The van der Waals surface area contributed by atoms with Gasteiger partial charge in [0.05, 0.1) is 0 Å². The molecule has 0 spiro atoms. The Labute approximate surface area is 203 Å². The van der Waals surface area contributed by atoms with Crippen LogP contribution in [0.25, 0.3) is 32.7 Å². The van der Waals surface area contributed by atoms with Gasteiger partial charge >= 0.3 is 26.2 Å². The van der Waals surface area contributed by atoms with E-state index in [0.29, 0.717) is 0 Å². The molecule has 0 radical (unpaired) electrons. The summed E-state index contributed by atoms with van der Waals surface area (Å²) < 4.78 is 0. The van der Waals surface area contributed by atoms with Gasteiger partial charge in [0.25, 0.3) is 0 Å². The Morgan fingerprint density at radius 2 is 1.48 bits per heavy atom. The Kier molecular flexibility index (Phi) is 8.47. The normalized spacial score (nSPS) is 12.1. The second-order valence-electron chi connectivity index (χ2n) is 6.69. The molecule has 2 aliphatic carbocycles. The quantitative estimate of drug-likeness (QED) is 0.220. The van der Waals surface area contributed by atoms with Crippen LogP contribution >= 0.6 is 0 Å². The summed E-state index contributed by atoms with van der Waals surface area (Å²) in [4.78, 5) is 0. The van der Waals surface area contributed by atoms with Gasteiger partial charge in [-0.25, -0.2) is 12.2 Å². The molecule has 3 heteroatoms. The fourth-order valence-corrected chi connectivity index (χ4v) is 4.07. The molecule has 4 aromatic carbocycles. The van der Waals surface area contributed by atoms with Gasteiger partial charge in [0.1, 0.15) is 0 Å². The van der Waals surface area contributed by atoms with Gasteiger partial charge in [0.2, 0.25) is 0 Å². The average molecular weight is 493 g/mol. The molecule has 0 bridgehead atoms. The first-order valence-corrected chi connectivity index (χ1v) is 9.07. The fraction of sp³-hybridized carbons (Fsp3) is 0.0769. The first kappa shape index (κ1) is 23.6. The molecule has 0 unspecified atom stereocenters. The zero-order chi connectivity index (χ0) is 17.3. The van der Waals surface area contributed by atoms with Crippen LogP contribution in [0.1, 0.15) is 17.5 Å². The molecular formula is C26H18Cl2Zr. The van der Waals surface area contributed by atoms with Crippen LogP contribution in [0.5, 0.6) is 0 Å². The minimum atomic E-state index is 0. The molecule has 29 heavy (non-hydrogen) atoms. The molecule has 0 aromatic heterocycles. The number of benzene rings is 4. The zero-order valence-corrected chi connectivity index (χ0v) is 19.7. The van der Waals surface area contributed by atoms with Gasteiger partial charge in [0.15, 0.2) is 0 Å². The molecule has 0 saturated carbocycles. The van der Waals surface area contributed by atoms with Crippen molar-refractivity contribution < 1.29 is 51.0 Å². The summed E-state index contributed by atoms with van der Waals surface area (Å²) in [5.41, 5.74) is 5.67. The molecule has 0 aliphatic heterocycles. The van der Waals surface area contributed by atoms with Crippen molar-refractivity contribution >= 4 is 21.5 Å². The predicted molar refractivity (Wildman–Crippen MR) is 110 cm³/mol. The van der Waals surface area contributed by atoms with Gasteiger partial charge in [-0.1, -0.05) is 53.9 Å². The Morgan fingerprint density at radius 1 is 0.759 bits per heavy atom. The van der Waals surface area contributed by atoms with Crippen LogP contribution in [0.4, 0.5) is 0 Å². The van der Waals surface area contributed by atoms with Crippen LogP contribution < -0.4 is 24.8 Å². The molecule has 0 heterocycles. The van der Waals surface area contributed by atoms with Gasteiger partial charge in [0, 0.05) is 0 Å². The van der Waals surface area contributed by atoms with Crippen LogP contribution in [0.3, 0.4) is 0 Å². The molecule has 0 nitrogen and oxygen atoms in total. The Hall–Kier alpha value is -1.66. The summed E-state index contributed by atoms with van der Waals surface area (Å²) in [7, 11) is 0. The zero-order valence-electron chi connectivity index (χ0n) is 15.8. The summed E-state index contributed by atoms with van der Waals surface area (Å²) in [6, 6.07) is 27.3. The summed E-state index contributed by atoms with van der Waals surface area (Å²) in [5, 5.41) is 5.30. The fourth-order valence-electron chi connectivity index (χ4n) is 4.07. The first-order valence-electron chi connectivity index (χ1n) is 9.07. The summed E-state index contributed by atoms with van der Waals surface area (Å²) >= 11 is 0. The third-order valence-corrected chi connectivity index (χ3v) is 5.19. The summed E-state index contributed by atoms with van der Waals surface area (Å²) in [6.45, 7) is 0. The van der Waals surface area contributed by atoms with Crippen molar-refractivity contribution in [3.05, 3.63) is 108 Å². The third kappa shape index (κ3) is 4.29. The largest absolute Gasteiger partial charge is 4.00 e. The Balaban J connectivity index is 0.000000333. The van der Waals surface area contributed by atoms with Crippen molar-refractivity contribution in [2.75, 3.05) is 0 Å². The minimum Gasteiger partial charge on any atom is -1.00 e. The van der Waals surface area contributed by atoms with Crippen molar-refractivity contribution in [3.63, 3.8) is 0 Å². The van der Waals surface area contributed by atoms with E-state index in [0.717, 1.165) is 12.8 Å². The SMILES string of the molecule is [C-]1=CC=CC1.[Cl-].[Cl-].[Zr+4].[c-]1cccc2c1c1c(c3ccccc32)-c2ccccc2C1. The van der Waals surface area contributed by atoms with E-state index < -0.39 is 0 Å². The Morgan fingerprint density at radius 3 is 2.21 bits per heavy atom. The summed E-state index contributed by atoms with van der Waals surface area (Å²) in [5.74, 6) is 0. The summed E-state index contributed by atoms with van der Waals surface area (Å²) in [6.07, 6.45) is 11.0. The van der Waals surface area contributed by atoms with E-state index in [1.165, 1.54) is 43.8 Å². The Bertz CT molecular complexity index is 1180. The molecular weight excluding hydrogens is 474 g/mol. The maximum absolute atomic E-state index is 3.48. The van der Waals surface area contributed by atoms with E-state index in [2.05, 4.69) is 78.9 Å². The third-order valence-electron chi connectivity index (χ3n) is 5.19. The topological polar surface area (TPSA) is 0 Å². The minimum absolute atomic E-state index is 0. The number of allylic oxidation sites excluding steroid dienone is 4.